The van der Waals surface area contributed by atoms with Gasteiger partial charge in [0.15, 0.2) is 0 Å². The Morgan fingerprint density at radius 1 is 1.20 bits per heavy atom. The minimum atomic E-state index is 0.466. The van der Waals surface area contributed by atoms with E-state index in [1.54, 1.807) is 7.11 Å². The lowest BCUT2D eigenvalue weighted by Crippen LogP contribution is -2.07. The molecule has 1 atom stereocenters. The summed E-state index contributed by atoms with van der Waals surface area (Å²) in [6.45, 7) is 2.97. The molecule has 1 unspecified atom stereocenters. The number of aryl methyl sites for hydroxylation is 2. The molecule has 0 bridgehead atoms. The molecule has 0 N–H and O–H groups in total. The number of hydrogen-bond donors (Lipinski definition) is 0. The molecule has 0 aromatic heterocycles. The van der Waals surface area contributed by atoms with E-state index in [-0.39, 0.29) is 0 Å². The van der Waals surface area contributed by atoms with E-state index in [2.05, 4.69) is 47.1 Å². The number of alkyl halides is 1. The van der Waals surface area contributed by atoms with Crippen LogP contribution in [0.3, 0.4) is 0 Å². The van der Waals surface area contributed by atoms with E-state index < -0.39 is 0 Å². The molecule has 0 saturated carbocycles. The summed E-state index contributed by atoms with van der Waals surface area (Å²) in [5, 5.41) is 0. The van der Waals surface area contributed by atoms with Gasteiger partial charge >= 0.3 is 0 Å². The highest BCUT2D eigenvalue weighted by Gasteiger charge is 2.03. The zero-order valence-electron chi connectivity index (χ0n) is 9.50. The van der Waals surface area contributed by atoms with Gasteiger partial charge in [0.1, 0.15) is 0 Å². The third-order valence-corrected chi connectivity index (χ3v) is 3.25. The monoisotopic (exact) mass is 270 g/mol. The van der Waals surface area contributed by atoms with E-state index >= 15 is 0 Å². The summed E-state index contributed by atoms with van der Waals surface area (Å²) in [4.78, 5) is 0.466. The first kappa shape index (κ1) is 12.7. The van der Waals surface area contributed by atoms with Crippen LogP contribution < -0.4 is 0 Å². The largest absolute Gasteiger partial charge is 0.384 e. The molecule has 1 nitrogen and oxygen atoms in total. The Balaban J connectivity index is 2.37. The van der Waals surface area contributed by atoms with Crippen molar-refractivity contribution in [1.29, 1.82) is 0 Å². The van der Waals surface area contributed by atoms with Crippen molar-refractivity contribution in [1.82, 2.24) is 0 Å². The van der Waals surface area contributed by atoms with Gasteiger partial charge in [0.2, 0.25) is 0 Å². The fourth-order valence-electron chi connectivity index (χ4n) is 1.53. The lowest BCUT2D eigenvalue weighted by molar-refractivity contribution is 0.198. The van der Waals surface area contributed by atoms with Crippen molar-refractivity contribution >= 4 is 15.9 Å². The SMILES string of the molecule is CCc1ccc(CCC(Br)COC)cc1. The van der Waals surface area contributed by atoms with E-state index in [9.17, 15) is 0 Å². The molecule has 0 saturated heterocycles. The van der Waals surface area contributed by atoms with Crippen molar-refractivity contribution in [3.8, 4) is 0 Å². The maximum Gasteiger partial charge on any atom is 0.0587 e. The molecule has 0 radical (unpaired) electrons. The van der Waals surface area contributed by atoms with Gasteiger partial charge < -0.3 is 4.74 Å². The van der Waals surface area contributed by atoms with Crippen molar-refractivity contribution in [3.63, 3.8) is 0 Å². The van der Waals surface area contributed by atoms with E-state index in [0.717, 1.165) is 25.9 Å². The maximum absolute atomic E-state index is 5.08. The molecule has 15 heavy (non-hydrogen) atoms. The van der Waals surface area contributed by atoms with E-state index in [1.807, 2.05) is 0 Å². The van der Waals surface area contributed by atoms with E-state index in [1.165, 1.54) is 11.1 Å². The molecule has 0 heterocycles. The van der Waals surface area contributed by atoms with Crippen LogP contribution in [-0.4, -0.2) is 18.5 Å². The highest BCUT2D eigenvalue weighted by Crippen LogP contribution is 2.12. The van der Waals surface area contributed by atoms with Crippen molar-refractivity contribution in [2.45, 2.75) is 31.0 Å². The Labute approximate surface area is 101 Å². The van der Waals surface area contributed by atoms with Gasteiger partial charge in [0, 0.05) is 11.9 Å². The fourth-order valence-corrected chi connectivity index (χ4v) is 2.02. The maximum atomic E-state index is 5.08. The molecule has 0 aliphatic rings. The molecule has 84 valence electrons. The standard InChI is InChI=1S/C13H19BrO/c1-3-11-4-6-12(7-5-11)8-9-13(14)10-15-2/h4-7,13H,3,8-10H2,1-2H3. The van der Waals surface area contributed by atoms with Gasteiger partial charge in [-0.05, 0) is 30.4 Å². The lowest BCUT2D eigenvalue weighted by Gasteiger charge is -2.08. The van der Waals surface area contributed by atoms with Crippen LogP contribution in [0.1, 0.15) is 24.5 Å². The van der Waals surface area contributed by atoms with Crippen LogP contribution in [0.25, 0.3) is 0 Å². The molecule has 0 amide bonds. The lowest BCUT2D eigenvalue weighted by atomic mass is 10.1. The number of benzene rings is 1. The molecule has 1 rings (SSSR count). The Hall–Kier alpha value is -0.340. The second-order valence-corrected chi connectivity index (χ2v) is 5.06. The molecule has 0 aliphatic carbocycles. The third-order valence-electron chi connectivity index (χ3n) is 2.52. The topological polar surface area (TPSA) is 9.23 Å². The van der Waals surface area contributed by atoms with E-state index in [0.29, 0.717) is 4.83 Å². The summed E-state index contributed by atoms with van der Waals surface area (Å²) in [7, 11) is 1.74. The highest BCUT2D eigenvalue weighted by atomic mass is 79.9. The second-order valence-electron chi connectivity index (χ2n) is 3.76. The first-order chi connectivity index (χ1) is 7.26. The van der Waals surface area contributed by atoms with Crippen molar-refractivity contribution in [3.05, 3.63) is 35.4 Å². The Morgan fingerprint density at radius 2 is 1.80 bits per heavy atom. The fraction of sp³-hybridized carbons (Fsp3) is 0.538. The van der Waals surface area contributed by atoms with Crippen LogP contribution in [-0.2, 0) is 17.6 Å². The molecule has 0 spiro atoms. The zero-order chi connectivity index (χ0) is 11.1. The Kier molecular flexibility index (Phi) is 5.96. The average Bonchev–Trinajstić information content (AvgIpc) is 2.27. The smallest absolute Gasteiger partial charge is 0.0587 e. The number of methoxy groups -OCH3 is 1. The van der Waals surface area contributed by atoms with Crippen LogP contribution in [0.5, 0.6) is 0 Å². The summed E-state index contributed by atoms with van der Waals surface area (Å²) >= 11 is 3.60. The number of halogens is 1. The van der Waals surface area contributed by atoms with Gasteiger partial charge in [-0.2, -0.15) is 0 Å². The summed E-state index contributed by atoms with van der Waals surface area (Å²) in [6.07, 6.45) is 3.35. The summed E-state index contributed by atoms with van der Waals surface area (Å²) < 4.78 is 5.08. The number of rotatable bonds is 6. The van der Waals surface area contributed by atoms with Gasteiger partial charge in [0.05, 0.1) is 6.61 Å². The number of hydrogen-bond acceptors (Lipinski definition) is 1. The average molecular weight is 271 g/mol. The Bertz CT molecular complexity index is 268. The zero-order valence-corrected chi connectivity index (χ0v) is 11.1. The van der Waals surface area contributed by atoms with Crippen LogP contribution in [0, 0.1) is 0 Å². The Morgan fingerprint density at radius 3 is 2.33 bits per heavy atom. The van der Waals surface area contributed by atoms with Gasteiger partial charge in [0.25, 0.3) is 0 Å². The first-order valence-corrected chi connectivity index (χ1v) is 6.38. The normalized spacial score (nSPS) is 12.7. The molecule has 1 aromatic carbocycles. The van der Waals surface area contributed by atoms with Crippen molar-refractivity contribution in [2.75, 3.05) is 13.7 Å². The molecule has 0 fully saturated rings. The van der Waals surface area contributed by atoms with Crippen molar-refractivity contribution < 1.29 is 4.74 Å². The predicted molar refractivity (Wildman–Crippen MR) is 68.7 cm³/mol. The van der Waals surface area contributed by atoms with Crippen LogP contribution in [0.2, 0.25) is 0 Å². The quantitative estimate of drug-likeness (QED) is 0.718. The minimum absolute atomic E-state index is 0.466. The van der Waals surface area contributed by atoms with Crippen LogP contribution >= 0.6 is 15.9 Å². The molecular weight excluding hydrogens is 252 g/mol. The van der Waals surface area contributed by atoms with Gasteiger partial charge in [-0.3, -0.25) is 0 Å². The van der Waals surface area contributed by atoms with Gasteiger partial charge in [-0.25, -0.2) is 0 Å². The summed E-state index contributed by atoms with van der Waals surface area (Å²) in [6, 6.07) is 8.89. The third kappa shape index (κ3) is 4.80. The molecule has 0 aliphatic heterocycles. The molecule has 1 aromatic rings. The van der Waals surface area contributed by atoms with Crippen LogP contribution in [0.15, 0.2) is 24.3 Å². The first-order valence-electron chi connectivity index (χ1n) is 5.47. The molecule has 2 heteroatoms. The minimum Gasteiger partial charge on any atom is -0.384 e. The van der Waals surface area contributed by atoms with Crippen LogP contribution in [0.4, 0.5) is 0 Å². The van der Waals surface area contributed by atoms with Gasteiger partial charge in [-0.15, -0.1) is 0 Å². The highest BCUT2D eigenvalue weighted by molar-refractivity contribution is 9.09. The van der Waals surface area contributed by atoms with Gasteiger partial charge in [-0.1, -0.05) is 47.1 Å². The van der Waals surface area contributed by atoms with Crippen molar-refractivity contribution in [2.24, 2.45) is 0 Å². The van der Waals surface area contributed by atoms with E-state index in [4.69, 9.17) is 4.74 Å². The summed E-state index contributed by atoms with van der Waals surface area (Å²) in [5.74, 6) is 0. The molecular formula is C13H19BrO. The number of ether oxygens (including phenoxy) is 1. The second kappa shape index (κ2) is 7.02. The summed E-state index contributed by atoms with van der Waals surface area (Å²) in [5.41, 5.74) is 2.82. The predicted octanol–water partition coefficient (Wildman–Crippen LogP) is 3.59.